The molecule has 0 spiro atoms. The van der Waals surface area contributed by atoms with Crippen molar-refractivity contribution in [2.24, 2.45) is 0 Å². The van der Waals surface area contributed by atoms with Crippen molar-refractivity contribution in [3.8, 4) is 0 Å². The number of pyridine rings is 1. The molecule has 2 heterocycles. The van der Waals surface area contributed by atoms with Gasteiger partial charge >= 0.3 is 0 Å². The highest BCUT2D eigenvalue weighted by Gasteiger charge is 2.28. The van der Waals surface area contributed by atoms with Crippen molar-refractivity contribution in [2.75, 3.05) is 7.05 Å². The molecule has 0 amide bonds. The Balaban J connectivity index is 1.85. The Hall–Kier alpha value is -1.47. The highest BCUT2D eigenvalue weighted by Crippen LogP contribution is 2.38. The van der Waals surface area contributed by atoms with Gasteiger partial charge in [-0.2, -0.15) is 0 Å². The smallest absolute Gasteiger partial charge is 0.215 e. The number of rotatable bonds is 5. The van der Waals surface area contributed by atoms with E-state index in [0.717, 1.165) is 22.3 Å². The van der Waals surface area contributed by atoms with Gasteiger partial charge in [-0.3, -0.25) is 0 Å². The molecule has 1 saturated carbocycles. The van der Waals surface area contributed by atoms with Gasteiger partial charge in [-0.05, 0) is 53.7 Å². The van der Waals surface area contributed by atoms with Gasteiger partial charge in [0.1, 0.15) is 5.03 Å². The summed E-state index contributed by atoms with van der Waals surface area (Å²) in [5.41, 5.74) is 1.16. The number of nitrogens with one attached hydrogen (secondary N) is 1. The summed E-state index contributed by atoms with van der Waals surface area (Å²) in [6, 6.07) is 4.50. The fourth-order valence-corrected chi connectivity index (χ4v) is 2.64. The maximum Gasteiger partial charge on any atom is 0.215 e. The molecule has 0 aromatic carbocycles. The van der Waals surface area contributed by atoms with Crippen LogP contribution in [0.5, 0.6) is 0 Å². The maximum absolute atomic E-state index is 4.41. The summed E-state index contributed by atoms with van der Waals surface area (Å²) in [6.07, 6.45) is 4.14. The average molecular weight is 262 g/mol. The quantitative estimate of drug-likeness (QED) is 0.875. The van der Waals surface area contributed by atoms with E-state index < -0.39 is 0 Å². The lowest BCUT2D eigenvalue weighted by atomic mass is 10.3. The molecule has 0 bridgehead atoms. The molecule has 2 aromatic rings. The third kappa shape index (κ3) is 2.37. The van der Waals surface area contributed by atoms with Crippen molar-refractivity contribution in [3.63, 3.8) is 0 Å². The molecular weight excluding hydrogens is 248 g/mol. The Morgan fingerprint density at radius 1 is 1.50 bits per heavy atom. The summed E-state index contributed by atoms with van der Waals surface area (Å²) in [4.78, 5) is 4.41. The summed E-state index contributed by atoms with van der Waals surface area (Å²) in [7, 11) is 1.93. The normalized spacial score (nSPS) is 14.9. The third-order valence-electron chi connectivity index (χ3n) is 2.76. The van der Waals surface area contributed by atoms with Gasteiger partial charge in [0.15, 0.2) is 0 Å². The highest BCUT2D eigenvalue weighted by atomic mass is 32.2. The van der Waals surface area contributed by atoms with Gasteiger partial charge < -0.3 is 5.32 Å². The van der Waals surface area contributed by atoms with Crippen molar-refractivity contribution in [1.29, 1.82) is 0 Å². The van der Waals surface area contributed by atoms with Crippen LogP contribution in [0.2, 0.25) is 0 Å². The first-order chi connectivity index (χ1) is 8.88. The summed E-state index contributed by atoms with van der Waals surface area (Å²) in [5.74, 6) is 0. The van der Waals surface area contributed by atoms with Gasteiger partial charge in [-0.1, -0.05) is 6.07 Å². The lowest BCUT2D eigenvalue weighted by molar-refractivity contribution is 0.565. The zero-order valence-electron chi connectivity index (χ0n) is 10.1. The predicted molar refractivity (Wildman–Crippen MR) is 67.2 cm³/mol. The van der Waals surface area contributed by atoms with Crippen molar-refractivity contribution >= 4 is 11.8 Å². The van der Waals surface area contributed by atoms with E-state index >= 15 is 0 Å². The highest BCUT2D eigenvalue weighted by molar-refractivity contribution is 7.99. The summed E-state index contributed by atoms with van der Waals surface area (Å²) >= 11 is 1.53. The van der Waals surface area contributed by atoms with Crippen LogP contribution >= 0.6 is 11.8 Å². The second-order valence-electron chi connectivity index (χ2n) is 4.24. The number of tetrazole rings is 1. The lowest BCUT2D eigenvalue weighted by Gasteiger charge is -2.06. The van der Waals surface area contributed by atoms with Crippen LogP contribution in [0, 0.1) is 0 Å². The van der Waals surface area contributed by atoms with E-state index in [1.807, 2.05) is 17.8 Å². The van der Waals surface area contributed by atoms with Crippen molar-refractivity contribution in [3.05, 3.63) is 23.9 Å². The number of aromatic nitrogens is 5. The van der Waals surface area contributed by atoms with E-state index in [0.29, 0.717) is 6.04 Å². The zero-order valence-corrected chi connectivity index (χ0v) is 10.9. The van der Waals surface area contributed by atoms with Gasteiger partial charge in [-0.25, -0.2) is 9.67 Å². The Labute approximate surface area is 109 Å². The van der Waals surface area contributed by atoms with Crippen LogP contribution in [-0.2, 0) is 6.54 Å². The molecule has 1 N–H and O–H groups in total. The van der Waals surface area contributed by atoms with Gasteiger partial charge in [0.25, 0.3) is 0 Å². The summed E-state index contributed by atoms with van der Waals surface area (Å²) < 4.78 is 1.91. The monoisotopic (exact) mass is 262 g/mol. The second kappa shape index (κ2) is 5.03. The molecule has 1 fully saturated rings. The Bertz CT molecular complexity index is 536. The van der Waals surface area contributed by atoms with Gasteiger partial charge in [0.2, 0.25) is 5.16 Å². The van der Waals surface area contributed by atoms with Crippen LogP contribution in [0.4, 0.5) is 0 Å². The van der Waals surface area contributed by atoms with E-state index in [4.69, 9.17) is 0 Å². The largest absolute Gasteiger partial charge is 0.316 e. The van der Waals surface area contributed by atoms with Crippen LogP contribution in [0.3, 0.4) is 0 Å². The molecule has 2 aromatic heterocycles. The van der Waals surface area contributed by atoms with Gasteiger partial charge in [-0.15, -0.1) is 5.10 Å². The molecular formula is C11H14N6S. The second-order valence-corrected chi connectivity index (χ2v) is 5.19. The molecule has 6 nitrogen and oxygen atoms in total. The fraction of sp³-hybridized carbons (Fsp3) is 0.455. The standard InChI is InChI=1S/C11H14N6S/c1-12-7-8-3-2-6-13-10(8)18-11-14-15-16-17(11)9-4-5-9/h2-3,6,9,12H,4-5,7H2,1H3. The topological polar surface area (TPSA) is 68.5 Å². The molecule has 1 aliphatic rings. The van der Waals surface area contributed by atoms with Gasteiger partial charge in [0, 0.05) is 12.7 Å². The van der Waals surface area contributed by atoms with E-state index in [1.165, 1.54) is 24.6 Å². The lowest BCUT2D eigenvalue weighted by Crippen LogP contribution is -2.07. The van der Waals surface area contributed by atoms with Crippen LogP contribution in [-0.4, -0.2) is 32.2 Å². The Morgan fingerprint density at radius 2 is 2.39 bits per heavy atom. The van der Waals surface area contributed by atoms with Gasteiger partial charge in [0.05, 0.1) is 6.04 Å². The molecule has 7 heteroatoms. The number of nitrogens with zero attached hydrogens (tertiary/aromatic N) is 5. The first-order valence-corrected chi connectivity index (χ1v) is 6.74. The van der Waals surface area contributed by atoms with Crippen molar-refractivity contribution in [2.45, 2.75) is 35.6 Å². The molecule has 0 unspecified atom stereocenters. The number of hydrogen-bond acceptors (Lipinski definition) is 6. The molecule has 0 atom stereocenters. The van der Waals surface area contributed by atoms with E-state index in [1.54, 1.807) is 6.20 Å². The minimum Gasteiger partial charge on any atom is -0.316 e. The molecule has 0 aliphatic heterocycles. The molecule has 0 saturated heterocycles. The van der Waals surface area contributed by atoms with Crippen molar-refractivity contribution < 1.29 is 0 Å². The van der Waals surface area contributed by atoms with E-state index in [2.05, 4.69) is 31.9 Å². The number of hydrogen-bond donors (Lipinski definition) is 1. The van der Waals surface area contributed by atoms with E-state index in [-0.39, 0.29) is 0 Å². The summed E-state index contributed by atoms with van der Waals surface area (Å²) in [6.45, 7) is 0.793. The molecule has 94 valence electrons. The first-order valence-electron chi connectivity index (χ1n) is 5.92. The van der Waals surface area contributed by atoms with Crippen LogP contribution in [0.1, 0.15) is 24.4 Å². The minimum absolute atomic E-state index is 0.485. The van der Waals surface area contributed by atoms with Crippen molar-refractivity contribution in [1.82, 2.24) is 30.5 Å². The molecule has 3 rings (SSSR count). The van der Waals surface area contributed by atoms with Crippen LogP contribution in [0.15, 0.2) is 28.5 Å². The SMILES string of the molecule is CNCc1cccnc1Sc1nnnn1C1CC1. The first kappa shape index (κ1) is 11.6. The zero-order chi connectivity index (χ0) is 12.4. The van der Waals surface area contributed by atoms with Crippen LogP contribution in [0.25, 0.3) is 0 Å². The molecule has 0 radical (unpaired) electrons. The summed E-state index contributed by atoms with van der Waals surface area (Å²) in [5, 5.41) is 16.8. The fourth-order valence-electron chi connectivity index (χ4n) is 1.73. The van der Waals surface area contributed by atoms with Crippen LogP contribution < -0.4 is 5.32 Å². The molecule has 18 heavy (non-hydrogen) atoms. The maximum atomic E-state index is 4.41. The minimum atomic E-state index is 0.485. The van der Waals surface area contributed by atoms with E-state index in [9.17, 15) is 0 Å². The third-order valence-corrected chi connectivity index (χ3v) is 3.77. The average Bonchev–Trinajstić information content (AvgIpc) is 3.13. The Kier molecular flexibility index (Phi) is 3.24. The predicted octanol–water partition coefficient (Wildman–Crippen LogP) is 1.27. The molecule has 1 aliphatic carbocycles. The Morgan fingerprint density at radius 3 is 3.17 bits per heavy atom.